The predicted octanol–water partition coefficient (Wildman–Crippen LogP) is 1.57. The van der Waals surface area contributed by atoms with Crippen molar-refractivity contribution in [3.8, 4) is 0 Å². The quantitative estimate of drug-likeness (QED) is 0.315. The van der Waals surface area contributed by atoms with Crippen molar-refractivity contribution < 1.29 is 23.8 Å². The molecule has 4 N–H and O–H groups in total. The van der Waals surface area contributed by atoms with Gasteiger partial charge in [0, 0.05) is 26.3 Å². The van der Waals surface area contributed by atoms with Gasteiger partial charge in [0.2, 0.25) is 5.91 Å². The first-order chi connectivity index (χ1) is 12.5. The summed E-state index contributed by atoms with van der Waals surface area (Å²) in [4.78, 5) is 21.9. The number of nitrogens with two attached hydrogens (primary N) is 1. The van der Waals surface area contributed by atoms with Crippen molar-refractivity contribution >= 4 is 11.9 Å². The normalized spacial score (nSPS) is 10.9. The highest BCUT2D eigenvalue weighted by atomic mass is 16.5. The summed E-state index contributed by atoms with van der Waals surface area (Å²) in [6, 6.07) is -0.473. The number of urea groups is 1. The van der Waals surface area contributed by atoms with Crippen LogP contribution in [0.4, 0.5) is 4.79 Å². The zero-order chi connectivity index (χ0) is 19.5. The molecule has 0 aliphatic rings. The summed E-state index contributed by atoms with van der Waals surface area (Å²) in [5.41, 5.74) is 4.97. The Hall–Kier alpha value is -1.38. The Morgan fingerprint density at radius 3 is 1.85 bits per heavy atom. The van der Waals surface area contributed by atoms with E-state index in [1.807, 2.05) is 13.8 Å². The van der Waals surface area contributed by atoms with Crippen LogP contribution in [0.15, 0.2) is 0 Å². The van der Waals surface area contributed by atoms with Crippen molar-refractivity contribution in [1.82, 2.24) is 10.6 Å². The first-order valence-electron chi connectivity index (χ1n) is 9.59. The molecule has 0 aliphatic heterocycles. The van der Waals surface area contributed by atoms with Crippen molar-refractivity contribution in [3.63, 3.8) is 0 Å². The number of ether oxygens (including phenoxy) is 3. The second kappa shape index (κ2) is 18.4. The molecule has 8 heteroatoms. The van der Waals surface area contributed by atoms with Gasteiger partial charge in [-0.05, 0) is 52.4 Å². The Morgan fingerprint density at radius 2 is 1.35 bits per heavy atom. The smallest absolute Gasteiger partial charge is 0.312 e. The van der Waals surface area contributed by atoms with Crippen molar-refractivity contribution in [2.45, 2.75) is 58.5 Å². The maximum Gasteiger partial charge on any atom is 0.312 e. The fourth-order valence-electron chi connectivity index (χ4n) is 2.07. The molecule has 3 amide bonds. The number of rotatable bonds is 18. The van der Waals surface area contributed by atoms with Gasteiger partial charge in [-0.2, -0.15) is 0 Å². The van der Waals surface area contributed by atoms with Crippen LogP contribution in [0.3, 0.4) is 0 Å². The largest absolute Gasteiger partial charge is 0.379 e. The number of hydrogen-bond donors (Lipinski definition) is 3. The van der Waals surface area contributed by atoms with E-state index in [9.17, 15) is 9.59 Å². The van der Waals surface area contributed by atoms with E-state index in [2.05, 4.69) is 10.6 Å². The molecular weight excluding hydrogens is 338 g/mol. The number of primary amides is 1. The molecule has 0 radical (unpaired) electrons. The lowest BCUT2D eigenvalue weighted by molar-refractivity contribution is -0.127. The molecule has 0 saturated carbocycles. The molecule has 0 spiro atoms. The Kier molecular flexibility index (Phi) is 17.4. The number of unbranched alkanes of at least 4 members (excludes halogenated alkanes) is 4. The van der Waals surface area contributed by atoms with Gasteiger partial charge in [-0.25, -0.2) is 4.79 Å². The molecule has 0 aromatic carbocycles. The fourth-order valence-corrected chi connectivity index (χ4v) is 2.07. The molecule has 0 aliphatic carbocycles. The van der Waals surface area contributed by atoms with Gasteiger partial charge in [0.25, 0.3) is 0 Å². The maximum absolute atomic E-state index is 11.4. The van der Waals surface area contributed by atoms with Crippen LogP contribution in [0.1, 0.15) is 52.4 Å². The summed E-state index contributed by atoms with van der Waals surface area (Å²) < 4.78 is 16.2. The Bertz CT molecular complexity index is 354. The van der Waals surface area contributed by atoms with Gasteiger partial charge in [0.05, 0.1) is 19.3 Å². The minimum Gasteiger partial charge on any atom is -0.379 e. The molecule has 0 rings (SSSR count). The fraction of sp³-hybridized carbons (Fsp3) is 0.889. The van der Waals surface area contributed by atoms with E-state index in [0.717, 1.165) is 38.5 Å². The van der Waals surface area contributed by atoms with Gasteiger partial charge in [0.1, 0.15) is 6.61 Å². The Labute approximate surface area is 157 Å². The highest BCUT2D eigenvalue weighted by Crippen LogP contribution is 1.97. The average molecular weight is 376 g/mol. The molecule has 154 valence electrons. The Morgan fingerprint density at radius 1 is 0.808 bits per heavy atom. The van der Waals surface area contributed by atoms with E-state index in [1.54, 1.807) is 0 Å². The van der Waals surface area contributed by atoms with Gasteiger partial charge < -0.3 is 30.6 Å². The maximum atomic E-state index is 11.4. The second-order valence-electron chi connectivity index (χ2n) is 6.35. The van der Waals surface area contributed by atoms with E-state index in [1.165, 1.54) is 0 Å². The molecule has 8 nitrogen and oxygen atoms in total. The lowest BCUT2D eigenvalue weighted by Crippen LogP contribution is -2.29. The predicted molar refractivity (Wildman–Crippen MR) is 101 cm³/mol. The number of hydrogen-bond acceptors (Lipinski definition) is 5. The van der Waals surface area contributed by atoms with Gasteiger partial charge >= 0.3 is 6.03 Å². The van der Waals surface area contributed by atoms with Gasteiger partial charge in [-0.3, -0.25) is 4.79 Å². The topological polar surface area (TPSA) is 112 Å². The van der Waals surface area contributed by atoms with Crippen LogP contribution < -0.4 is 16.4 Å². The van der Waals surface area contributed by atoms with Gasteiger partial charge in [0.15, 0.2) is 0 Å². The van der Waals surface area contributed by atoms with Crippen LogP contribution in [-0.4, -0.2) is 64.2 Å². The number of nitrogens with one attached hydrogen (secondary N) is 2. The van der Waals surface area contributed by atoms with Crippen LogP contribution in [-0.2, 0) is 19.0 Å². The van der Waals surface area contributed by atoms with E-state index >= 15 is 0 Å². The zero-order valence-corrected chi connectivity index (χ0v) is 16.4. The van der Waals surface area contributed by atoms with Crippen LogP contribution >= 0.6 is 0 Å². The molecule has 0 aromatic heterocycles. The van der Waals surface area contributed by atoms with Crippen LogP contribution in [0, 0.1) is 0 Å². The summed E-state index contributed by atoms with van der Waals surface area (Å²) in [6.45, 7) is 7.87. The lowest BCUT2D eigenvalue weighted by Gasteiger charge is -2.08. The molecule has 0 fully saturated rings. The highest BCUT2D eigenvalue weighted by Gasteiger charge is 2.02. The zero-order valence-electron chi connectivity index (χ0n) is 16.4. The van der Waals surface area contributed by atoms with Crippen LogP contribution in [0.5, 0.6) is 0 Å². The van der Waals surface area contributed by atoms with E-state index in [0.29, 0.717) is 39.5 Å². The van der Waals surface area contributed by atoms with Crippen molar-refractivity contribution in [3.05, 3.63) is 0 Å². The monoisotopic (exact) mass is 375 g/mol. The molecular formula is C18H37N3O5. The van der Waals surface area contributed by atoms with Crippen LogP contribution in [0.25, 0.3) is 0 Å². The minimum absolute atomic E-state index is 0.0590. The summed E-state index contributed by atoms with van der Waals surface area (Å²) >= 11 is 0. The molecule has 0 unspecified atom stereocenters. The van der Waals surface area contributed by atoms with Crippen molar-refractivity contribution in [2.24, 2.45) is 5.73 Å². The first kappa shape index (κ1) is 24.6. The molecule has 0 aromatic rings. The van der Waals surface area contributed by atoms with E-state index < -0.39 is 6.03 Å². The minimum atomic E-state index is -0.473. The SMILES string of the molecule is CC(C)OCC(=O)NCCCCCOCCOCCCCCNC(N)=O. The number of amides is 3. The summed E-state index contributed by atoms with van der Waals surface area (Å²) in [7, 11) is 0. The lowest BCUT2D eigenvalue weighted by atomic mass is 10.2. The van der Waals surface area contributed by atoms with E-state index in [-0.39, 0.29) is 18.6 Å². The third-order valence-corrected chi connectivity index (χ3v) is 3.47. The number of carbonyl (C=O) groups excluding carboxylic acids is 2. The molecule has 0 heterocycles. The first-order valence-corrected chi connectivity index (χ1v) is 9.59. The number of carbonyl (C=O) groups is 2. The third-order valence-electron chi connectivity index (χ3n) is 3.47. The summed E-state index contributed by atoms with van der Waals surface area (Å²) in [5.74, 6) is -0.0590. The second-order valence-corrected chi connectivity index (χ2v) is 6.35. The van der Waals surface area contributed by atoms with Gasteiger partial charge in [-0.15, -0.1) is 0 Å². The average Bonchev–Trinajstić information content (AvgIpc) is 2.59. The third kappa shape index (κ3) is 20.7. The molecule has 26 heavy (non-hydrogen) atoms. The molecule has 0 bridgehead atoms. The highest BCUT2D eigenvalue weighted by molar-refractivity contribution is 5.77. The van der Waals surface area contributed by atoms with Gasteiger partial charge in [-0.1, -0.05) is 0 Å². The Balaban J connectivity index is 3.11. The standard InChI is InChI=1S/C18H37N3O5/c1-16(2)26-15-17(22)20-9-5-3-7-11-24-13-14-25-12-8-4-6-10-21-18(19)23/h16H,3-15H2,1-2H3,(H,20,22)(H3,19,21,23). The molecule has 0 saturated heterocycles. The van der Waals surface area contributed by atoms with Crippen molar-refractivity contribution in [1.29, 1.82) is 0 Å². The van der Waals surface area contributed by atoms with Crippen LogP contribution in [0.2, 0.25) is 0 Å². The summed E-state index contributed by atoms with van der Waals surface area (Å²) in [5, 5.41) is 5.39. The molecule has 0 atom stereocenters. The summed E-state index contributed by atoms with van der Waals surface area (Å²) in [6.07, 6.45) is 5.89. The van der Waals surface area contributed by atoms with Crippen molar-refractivity contribution in [2.75, 3.05) is 46.1 Å². The van der Waals surface area contributed by atoms with E-state index in [4.69, 9.17) is 19.9 Å².